The first-order valence-electron chi connectivity index (χ1n) is 14.2. The Hall–Kier alpha value is -2.21. The van der Waals surface area contributed by atoms with E-state index in [1.54, 1.807) is 53.4 Å². The Morgan fingerprint density at radius 3 is 2.29 bits per heavy atom. The zero-order valence-electron chi connectivity index (χ0n) is 23.2. The molecule has 1 aliphatic carbocycles. The van der Waals surface area contributed by atoms with Crippen LogP contribution in [0.15, 0.2) is 53.4 Å². The molecule has 0 bridgehead atoms. The predicted octanol–water partition coefficient (Wildman–Crippen LogP) is 3.20. The summed E-state index contributed by atoms with van der Waals surface area (Å²) in [6, 6.07) is 12.7. The van der Waals surface area contributed by atoms with Gasteiger partial charge in [-0.15, -0.1) is 0 Å². The van der Waals surface area contributed by atoms with Gasteiger partial charge in [-0.3, -0.25) is 14.5 Å². The quantitative estimate of drug-likeness (QED) is 0.353. The van der Waals surface area contributed by atoms with E-state index in [1.807, 2.05) is 0 Å². The van der Waals surface area contributed by atoms with E-state index in [2.05, 4.69) is 14.9 Å². The molecular weight excluding hydrogens is 585 g/mol. The highest BCUT2D eigenvalue weighted by molar-refractivity contribution is 7.89. The van der Waals surface area contributed by atoms with Crippen molar-refractivity contribution in [3.05, 3.63) is 64.1 Å². The summed E-state index contributed by atoms with van der Waals surface area (Å²) < 4.78 is 28.9. The van der Waals surface area contributed by atoms with E-state index >= 15 is 0 Å². The van der Waals surface area contributed by atoms with Gasteiger partial charge in [0, 0.05) is 67.7 Å². The molecule has 1 atom stereocenters. The van der Waals surface area contributed by atoms with Crippen molar-refractivity contribution < 1.29 is 18.0 Å². The van der Waals surface area contributed by atoms with Crippen LogP contribution in [-0.2, 0) is 26.0 Å². The maximum atomic E-state index is 13.7. The number of sulfonamides is 1. The first-order valence-corrected chi connectivity index (χ1v) is 16.4. The molecule has 1 saturated heterocycles. The summed E-state index contributed by atoms with van der Waals surface area (Å²) in [5.41, 5.74) is 5.97. The van der Waals surface area contributed by atoms with Gasteiger partial charge in [-0.2, -0.15) is 0 Å². The van der Waals surface area contributed by atoms with Crippen LogP contribution in [0.1, 0.15) is 44.1 Å². The maximum absolute atomic E-state index is 13.7. The van der Waals surface area contributed by atoms with E-state index in [-0.39, 0.29) is 41.6 Å². The van der Waals surface area contributed by atoms with Gasteiger partial charge in [-0.05, 0) is 42.7 Å². The lowest BCUT2D eigenvalue weighted by molar-refractivity contribution is -0.139. The summed E-state index contributed by atoms with van der Waals surface area (Å²) >= 11 is 12.4. The van der Waals surface area contributed by atoms with Crippen molar-refractivity contribution in [3.8, 4) is 0 Å². The molecule has 9 nitrogen and oxygen atoms in total. The van der Waals surface area contributed by atoms with Crippen molar-refractivity contribution in [2.75, 3.05) is 39.3 Å². The Morgan fingerprint density at radius 1 is 0.976 bits per heavy atom. The first kappa shape index (κ1) is 31.7. The van der Waals surface area contributed by atoms with Gasteiger partial charge in [0.25, 0.3) is 0 Å². The number of nitrogens with one attached hydrogen (secondary N) is 2. The van der Waals surface area contributed by atoms with Crippen LogP contribution in [0.25, 0.3) is 0 Å². The van der Waals surface area contributed by atoms with Crippen LogP contribution < -0.4 is 15.8 Å². The SMILES string of the molecule is NCCC(=O)NC(Cc1ccc(Cl)cc1Cl)C(=O)N1CCN(C2(CNS(=O)(=O)c3ccccc3)CCCCC2)CC1. The minimum atomic E-state index is -3.63. The number of piperazine rings is 1. The molecule has 2 aromatic rings. The molecule has 2 amide bonds. The molecule has 1 saturated carbocycles. The molecule has 2 aromatic carbocycles. The van der Waals surface area contributed by atoms with Crippen LogP contribution >= 0.6 is 23.2 Å². The molecule has 0 spiro atoms. The van der Waals surface area contributed by atoms with Gasteiger partial charge in [0.2, 0.25) is 21.8 Å². The molecule has 4 rings (SSSR count). The van der Waals surface area contributed by atoms with Crippen LogP contribution in [0.2, 0.25) is 10.0 Å². The number of rotatable bonds is 11. The van der Waals surface area contributed by atoms with E-state index in [1.165, 1.54) is 0 Å². The maximum Gasteiger partial charge on any atom is 0.245 e. The monoisotopic (exact) mass is 623 g/mol. The Morgan fingerprint density at radius 2 is 1.66 bits per heavy atom. The molecule has 0 radical (unpaired) electrons. The second-order valence-electron chi connectivity index (χ2n) is 10.8. The molecule has 12 heteroatoms. The lowest BCUT2D eigenvalue weighted by Gasteiger charge is -2.50. The summed E-state index contributed by atoms with van der Waals surface area (Å²) in [6.45, 7) is 2.69. The van der Waals surface area contributed by atoms with Crippen LogP contribution in [0.4, 0.5) is 0 Å². The molecule has 1 heterocycles. The normalized spacial score (nSPS) is 18.6. The number of benzene rings is 2. The molecule has 224 valence electrons. The van der Waals surface area contributed by atoms with Gasteiger partial charge < -0.3 is 16.0 Å². The standard InChI is InChI=1S/C29H39Cl2N5O4S/c30-23-10-9-22(25(31)20-23)19-26(34-27(37)11-14-32)28(38)35-15-17-36(18-16-35)29(12-5-2-6-13-29)21-33-41(39,40)24-7-3-1-4-8-24/h1,3-4,7-10,20,26,33H,2,5-6,11-19,21,32H2,(H,34,37). The number of hydrogen-bond donors (Lipinski definition) is 3. The lowest BCUT2D eigenvalue weighted by Crippen LogP contribution is -2.63. The summed E-state index contributed by atoms with van der Waals surface area (Å²) in [7, 11) is -3.63. The van der Waals surface area contributed by atoms with Gasteiger partial charge in [0.1, 0.15) is 6.04 Å². The van der Waals surface area contributed by atoms with Gasteiger partial charge in [0.05, 0.1) is 4.90 Å². The largest absolute Gasteiger partial charge is 0.344 e. The molecule has 1 unspecified atom stereocenters. The molecule has 41 heavy (non-hydrogen) atoms. The third kappa shape index (κ3) is 8.21. The van der Waals surface area contributed by atoms with Gasteiger partial charge in [-0.25, -0.2) is 13.1 Å². The first-order chi connectivity index (χ1) is 19.6. The van der Waals surface area contributed by atoms with Gasteiger partial charge >= 0.3 is 0 Å². The van der Waals surface area contributed by atoms with Crippen molar-refractivity contribution in [2.24, 2.45) is 5.73 Å². The average Bonchev–Trinajstić information content (AvgIpc) is 2.98. The molecule has 0 aromatic heterocycles. The fraction of sp³-hybridized carbons (Fsp3) is 0.517. The topological polar surface area (TPSA) is 125 Å². The van der Waals surface area contributed by atoms with E-state index in [0.29, 0.717) is 48.3 Å². The van der Waals surface area contributed by atoms with Crippen molar-refractivity contribution in [2.45, 2.75) is 61.4 Å². The molecule has 1 aliphatic heterocycles. The van der Waals surface area contributed by atoms with E-state index < -0.39 is 16.1 Å². The summed E-state index contributed by atoms with van der Waals surface area (Å²) in [5, 5.41) is 3.78. The fourth-order valence-corrected chi connectivity index (χ4v) is 7.48. The van der Waals surface area contributed by atoms with Crippen molar-refractivity contribution >= 4 is 45.0 Å². The summed E-state index contributed by atoms with van der Waals surface area (Å²) in [4.78, 5) is 30.5. The highest BCUT2D eigenvalue weighted by Gasteiger charge is 2.41. The Labute approximate surface area is 252 Å². The zero-order valence-corrected chi connectivity index (χ0v) is 25.5. The van der Waals surface area contributed by atoms with Gasteiger partial charge in [-0.1, -0.05) is 66.7 Å². The average molecular weight is 625 g/mol. The van der Waals surface area contributed by atoms with Crippen LogP contribution in [0.3, 0.4) is 0 Å². The summed E-state index contributed by atoms with van der Waals surface area (Å²) in [5.74, 6) is -0.468. The van der Waals surface area contributed by atoms with E-state index in [0.717, 1.165) is 32.1 Å². The number of hydrogen-bond acceptors (Lipinski definition) is 6. The van der Waals surface area contributed by atoms with Crippen LogP contribution in [0.5, 0.6) is 0 Å². The third-order valence-corrected chi connectivity index (χ3v) is 10.1. The van der Waals surface area contributed by atoms with E-state index in [9.17, 15) is 18.0 Å². The number of carbonyl (C=O) groups is 2. The number of carbonyl (C=O) groups excluding carboxylic acids is 2. The fourth-order valence-electron chi connectivity index (χ4n) is 5.85. The zero-order chi connectivity index (χ0) is 29.5. The molecule has 2 aliphatic rings. The van der Waals surface area contributed by atoms with Crippen molar-refractivity contribution in [1.82, 2.24) is 19.8 Å². The van der Waals surface area contributed by atoms with Crippen LogP contribution in [-0.4, -0.2) is 80.9 Å². The second kappa shape index (κ2) is 14.3. The highest BCUT2D eigenvalue weighted by atomic mass is 35.5. The van der Waals surface area contributed by atoms with Crippen LogP contribution in [0, 0.1) is 0 Å². The Kier molecular flexibility index (Phi) is 11.1. The van der Waals surface area contributed by atoms with Gasteiger partial charge in [0.15, 0.2) is 0 Å². The minimum Gasteiger partial charge on any atom is -0.344 e. The van der Waals surface area contributed by atoms with E-state index in [4.69, 9.17) is 28.9 Å². The molecule has 2 fully saturated rings. The predicted molar refractivity (Wildman–Crippen MR) is 161 cm³/mol. The van der Waals surface area contributed by atoms with Crippen molar-refractivity contribution in [1.29, 1.82) is 0 Å². The minimum absolute atomic E-state index is 0.118. The number of nitrogens with two attached hydrogens (primary N) is 1. The summed E-state index contributed by atoms with van der Waals surface area (Å²) in [6.07, 6.45) is 5.33. The third-order valence-electron chi connectivity index (χ3n) is 8.14. The molecule has 4 N–H and O–H groups in total. The Bertz CT molecular complexity index is 1300. The highest BCUT2D eigenvalue weighted by Crippen LogP contribution is 2.34. The second-order valence-corrected chi connectivity index (χ2v) is 13.4. The molecular formula is C29H39Cl2N5O4S. The van der Waals surface area contributed by atoms with Crippen molar-refractivity contribution in [3.63, 3.8) is 0 Å². The number of halogens is 2. The number of nitrogens with zero attached hydrogens (tertiary/aromatic N) is 2. The Balaban J connectivity index is 1.44. The lowest BCUT2D eigenvalue weighted by atomic mass is 9.80. The number of amides is 2. The smallest absolute Gasteiger partial charge is 0.245 e.